The second-order valence-corrected chi connectivity index (χ2v) is 11.4. The minimum Gasteiger partial charge on any atom is -0.275 e. The highest BCUT2D eigenvalue weighted by atomic mass is 32.1. The summed E-state index contributed by atoms with van der Waals surface area (Å²) >= 11 is 1.87. The lowest BCUT2D eigenvalue weighted by atomic mass is 9.98. The highest BCUT2D eigenvalue weighted by molar-refractivity contribution is 7.26. The Bertz CT molecular complexity index is 2160. The third-order valence-corrected chi connectivity index (χ3v) is 9.01. The molecule has 0 aliphatic heterocycles. The van der Waals surface area contributed by atoms with Crippen LogP contribution in [0.15, 0.2) is 152 Å². The van der Waals surface area contributed by atoms with Crippen molar-refractivity contribution in [2.75, 3.05) is 0 Å². The molecule has 0 saturated carbocycles. The molecule has 0 fully saturated rings. The highest BCUT2D eigenvalue weighted by Crippen LogP contribution is 2.40. The first kappa shape index (κ1) is 24.5. The predicted molar refractivity (Wildman–Crippen MR) is 176 cm³/mol. The zero-order valence-corrected chi connectivity index (χ0v) is 23.5. The topological polar surface area (TPSA) is 30.7 Å². The van der Waals surface area contributed by atoms with E-state index in [1.807, 2.05) is 47.7 Å². The third kappa shape index (κ3) is 4.21. The van der Waals surface area contributed by atoms with Crippen LogP contribution in [0.25, 0.3) is 70.9 Å². The van der Waals surface area contributed by atoms with Crippen LogP contribution < -0.4 is 0 Å². The molecule has 0 saturated heterocycles. The Morgan fingerprint density at radius 3 is 1.62 bits per heavy atom. The Hall–Kier alpha value is -5.32. The van der Waals surface area contributed by atoms with Gasteiger partial charge in [-0.2, -0.15) is 0 Å². The molecule has 42 heavy (non-hydrogen) atoms. The normalized spacial score (nSPS) is 11.3. The van der Waals surface area contributed by atoms with E-state index in [4.69, 9.17) is 0 Å². The fourth-order valence-electron chi connectivity index (χ4n) is 5.70. The summed E-state index contributed by atoms with van der Waals surface area (Å²) in [5.41, 5.74) is 7.95. The molecule has 0 aliphatic carbocycles. The average Bonchev–Trinajstić information content (AvgIpc) is 3.68. The number of fused-ring (bicyclic) bond motifs is 3. The Balaban J connectivity index is 1.14. The number of rotatable bonds is 5. The average molecular weight is 556 g/mol. The van der Waals surface area contributed by atoms with E-state index in [2.05, 4.69) is 130 Å². The molecule has 3 nitrogen and oxygen atoms in total. The van der Waals surface area contributed by atoms with E-state index in [0.717, 1.165) is 28.5 Å². The molecule has 0 amide bonds. The smallest absolute Gasteiger partial charge is 0.168 e. The lowest BCUT2D eigenvalue weighted by Crippen LogP contribution is -2.00. The lowest BCUT2D eigenvalue weighted by molar-refractivity contribution is 1.07. The van der Waals surface area contributed by atoms with Gasteiger partial charge in [-0.15, -0.1) is 21.5 Å². The first-order chi connectivity index (χ1) is 20.8. The van der Waals surface area contributed by atoms with Crippen LogP contribution in [0.3, 0.4) is 0 Å². The fourth-order valence-corrected chi connectivity index (χ4v) is 6.93. The standard InChI is InChI=1S/C38H25N3S/c1-3-10-29(11-4-1)37-39-40-38(41(37)31-12-5-2-6-13-31)30-24-20-27(21-25-30)26-18-22-28(23-19-26)32-15-9-16-34-33-14-7-8-17-35(33)42-36(32)34/h1-25H. The van der Waals surface area contributed by atoms with Crippen LogP contribution in [0, 0.1) is 0 Å². The minimum atomic E-state index is 0.818. The van der Waals surface area contributed by atoms with Crippen molar-refractivity contribution in [1.82, 2.24) is 14.8 Å². The van der Waals surface area contributed by atoms with E-state index < -0.39 is 0 Å². The van der Waals surface area contributed by atoms with E-state index in [9.17, 15) is 0 Å². The molecule has 0 bridgehead atoms. The van der Waals surface area contributed by atoms with Crippen LogP contribution in [-0.2, 0) is 0 Å². The van der Waals surface area contributed by atoms with Gasteiger partial charge in [0.25, 0.3) is 0 Å². The highest BCUT2D eigenvalue weighted by Gasteiger charge is 2.17. The molecule has 0 unspecified atom stereocenters. The van der Waals surface area contributed by atoms with Crippen molar-refractivity contribution in [3.05, 3.63) is 152 Å². The predicted octanol–water partition coefficient (Wildman–Crippen LogP) is 10.3. The number of nitrogens with zero attached hydrogens (tertiary/aromatic N) is 3. The van der Waals surface area contributed by atoms with Gasteiger partial charge in [-0.05, 0) is 40.5 Å². The second-order valence-electron chi connectivity index (χ2n) is 10.3. The number of para-hydroxylation sites is 1. The summed E-state index contributed by atoms with van der Waals surface area (Å²) in [7, 11) is 0. The maximum absolute atomic E-state index is 4.64. The van der Waals surface area contributed by atoms with Gasteiger partial charge in [0.05, 0.1) is 0 Å². The van der Waals surface area contributed by atoms with Crippen molar-refractivity contribution < 1.29 is 0 Å². The van der Waals surface area contributed by atoms with Crippen LogP contribution >= 0.6 is 11.3 Å². The molecule has 0 N–H and O–H groups in total. The van der Waals surface area contributed by atoms with Crippen molar-refractivity contribution in [2.45, 2.75) is 0 Å². The van der Waals surface area contributed by atoms with Crippen LogP contribution in [0.1, 0.15) is 0 Å². The quantitative estimate of drug-likeness (QED) is 0.211. The summed E-state index contributed by atoms with van der Waals surface area (Å²) in [4.78, 5) is 0. The first-order valence-electron chi connectivity index (χ1n) is 14.0. The molecular formula is C38H25N3S. The molecule has 0 spiro atoms. The molecule has 2 aromatic heterocycles. The Labute approximate surface area is 248 Å². The molecule has 8 rings (SSSR count). The van der Waals surface area contributed by atoms with Gasteiger partial charge in [-0.3, -0.25) is 4.57 Å². The summed E-state index contributed by atoms with van der Waals surface area (Å²) in [5, 5.41) is 11.9. The van der Waals surface area contributed by atoms with E-state index in [0.29, 0.717) is 0 Å². The van der Waals surface area contributed by atoms with Gasteiger partial charge in [-0.25, -0.2) is 0 Å². The van der Waals surface area contributed by atoms with Crippen molar-refractivity contribution >= 4 is 31.5 Å². The van der Waals surface area contributed by atoms with E-state index in [1.54, 1.807) is 0 Å². The SMILES string of the molecule is c1ccc(-c2nnc(-c3ccc(-c4ccc(-c5cccc6c5sc5ccccc56)cc4)cc3)n2-c2ccccc2)cc1. The van der Waals surface area contributed by atoms with Gasteiger partial charge in [0, 0.05) is 37.0 Å². The largest absolute Gasteiger partial charge is 0.275 e. The molecule has 0 aliphatic rings. The summed E-state index contributed by atoms with van der Waals surface area (Å²) in [5.74, 6) is 1.64. The van der Waals surface area contributed by atoms with E-state index in [1.165, 1.54) is 42.4 Å². The number of thiophene rings is 1. The first-order valence-corrected chi connectivity index (χ1v) is 14.8. The zero-order chi connectivity index (χ0) is 27.9. The summed E-state index contributed by atoms with van der Waals surface area (Å²) in [6.45, 7) is 0. The summed E-state index contributed by atoms with van der Waals surface area (Å²) in [6, 6.07) is 53.3. The zero-order valence-electron chi connectivity index (χ0n) is 22.7. The van der Waals surface area contributed by atoms with Crippen LogP contribution in [0.4, 0.5) is 0 Å². The maximum atomic E-state index is 4.64. The van der Waals surface area contributed by atoms with Gasteiger partial charge in [0.15, 0.2) is 11.6 Å². The Morgan fingerprint density at radius 2 is 0.929 bits per heavy atom. The Morgan fingerprint density at radius 1 is 0.405 bits per heavy atom. The van der Waals surface area contributed by atoms with Crippen LogP contribution in [0.5, 0.6) is 0 Å². The second kappa shape index (κ2) is 10.3. The van der Waals surface area contributed by atoms with Crippen LogP contribution in [0.2, 0.25) is 0 Å². The monoisotopic (exact) mass is 555 g/mol. The molecule has 0 radical (unpaired) electrons. The molecule has 2 heterocycles. The van der Waals surface area contributed by atoms with Gasteiger partial charge in [0.2, 0.25) is 0 Å². The fraction of sp³-hybridized carbons (Fsp3) is 0. The molecule has 198 valence electrons. The number of hydrogen-bond donors (Lipinski definition) is 0. The number of aromatic nitrogens is 3. The van der Waals surface area contributed by atoms with Crippen LogP contribution in [-0.4, -0.2) is 14.8 Å². The number of benzene rings is 6. The minimum absolute atomic E-state index is 0.818. The van der Waals surface area contributed by atoms with Crippen molar-refractivity contribution in [3.63, 3.8) is 0 Å². The van der Waals surface area contributed by atoms with Crippen molar-refractivity contribution in [3.8, 4) is 50.7 Å². The molecule has 6 aromatic carbocycles. The van der Waals surface area contributed by atoms with Gasteiger partial charge >= 0.3 is 0 Å². The summed E-state index contributed by atoms with van der Waals surface area (Å²) in [6.07, 6.45) is 0. The van der Waals surface area contributed by atoms with E-state index in [-0.39, 0.29) is 0 Å². The molecule has 4 heteroatoms. The molecule has 8 aromatic rings. The van der Waals surface area contributed by atoms with Crippen molar-refractivity contribution in [2.24, 2.45) is 0 Å². The molecule has 0 atom stereocenters. The Kier molecular flexibility index (Phi) is 5.98. The summed E-state index contributed by atoms with van der Waals surface area (Å²) < 4.78 is 4.80. The maximum Gasteiger partial charge on any atom is 0.168 e. The number of hydrogen-bond acceptors (Lipinski definition) is 3. The van der Waals surface area contributed by atoms with Crippen molar-refractivity contribution in [1.29, 1.82) is 0 Å². The van der Waals surface area contributed by atoms with E-state index >= 15 is 0 Å². The van der Waals surface area contributed by atoms with Gasteiger partial charge in [0.1, 0.15) is 0 Å². The third-order valence-electron chi connectivity index (χ3n) is 7.79. The lowest BCUT2D eigenvalue weighted by Gasteiger charge is -2.11. The molecular weight excluding hydrogens is 531 g/mol. The van der Waals surface area contributed by atoms with Gasteiger partial charge < -0.3 is 0 Å². The van der Waals surface area contributed by atoms with Gasteiger partial charge in [-0.1, -0.05) is 133 Å².